The highest BCUT2D eigenvalue weighted by molar-refractivity contribution is 14.1. The molecule has 0 aliphatic carbocycles. The Morgan fingerprint density at radius 2 is 1.02 bits per heavy atom. The molecule has 1 aliphatic rings. The van der Waals surface area contributed by atoms with Crippen LogP contribution in [-0.4, -0.2) is 67.2 Å². The zero-order valence-electron chi connectivity index (χ0n) is 26.7. The van der Waals surface area contributed by atoms with Crippen molar-refractivity contribution in [2.45, 2.75) is 61.3 Å². The third-order valence-electron chi connectivity index (χ3n) is 7.85. The number of ether oxygens (including phenoxy) is 1. The van der Waals surface area contributed by atoms with Crippen molar-refractivity contribution in [2.24, 2.45) is 0 Å². The maximum absolute atomic E-state index is 14.6. The van der Waals surface area contributed by atoms with Crippen LogP contribution in [0.3, 0.4) is 0 Å². The van der Waals surface area contributed by atoms with Gasteiger partial charge in [-0.05, 0) is 126 Å². The molecule has 0 bridgehead atoms. The summed E-state index contributed by atoms with van der Waals surface area (Å²) in [4.78, 5) is 15.2. The lowest BCUT2D eigenvalue weighted by molar-refractivity contribution is 0.0281. The van der Waals surface area contributed by atoms with Crippen LogP contribution in [0, 0.1) is 7.14 Å². The first-order chi connectivity index (χ1) is 22.6. The summed E-state index contributed by atoms with van der Waals surface area (Å²) in [5, 5.41) is 0. The van der Waals surface area contributed by atoms with Gasteiger partial charge in [0.25, 0.3) is 0 Å². The summed E-state index contributed by atoms with van der Waals surface area (Å²) < 4.78 is 68.8. The number of halogens is 2. The maximum atomic E-state index is 14.6. The van der Waals surface area contributed by atoms with Gasteiger partial charge in [-0.2, -0.15) is 8.61 Å². The van der Waals surface area contributed by atoms with Crippen molar-refractivity contribution in [1.29, 1.82) is 0 Å². The van der Waals surface area contributed by atoms with Gasteiger partial charge >= 0.3 is 6.09 Å². The second-order valence-corrected chi connectivity index (χ2v) is 18.8. The van der Waals surface area contributed by atoms with Gasteiger partial charge in [0.05, 0.1) is 21.9 Å². The van der Waals surface area contributed by atoms with Gasteiger partial charge in [-0.15, -0.1) is 0 Å². The zero-order valence-corrected chi connectivity index (χ0v) is 32.7. The van der Waals surface area contributed by atoms with E-state index in [2.05, 4.69) is 45.2 Å². The standard InChI is InChI=1S/C35H37I2N3O6S2/c1-35(2,3)46-34(41)38-24-32(39(22-26-14-18-28(36)19-15-26)47(42,43)30-10-6-4-7-11-30)33(25-38)40(23-27-16-20-29(37)21-17-27)48(44,45)31-12-8-5-9-13-31/h4-21,32-33H,22-25H2,1-3H3/t32-,33-/m0/s1. The van der Waals surface area contributed by atoms with Gasteiger partial charge in [-0.25, -0.2) is 21.6 Å². The summed E-state index contributed by atoms with van der Waals surface area (Å²) in [5.41, 5.74) is 0.623. The minimum absolute atomic E-state index is 0.0414. The average molecular weight is 914 g/mol. The van der Waals surface area contributed by atoms with E-state index in [-0.39, 0.29) is 36.0 Å². The molecule has 1 fully saturated rings. The van der Waals surface area contributed by atoms with Crippen LogP contribution in [0.5, 0.6) is 0 Å². The normalized spacial score (nSPS) is 17.2. The van der Waals surface area contributed by atoms with Crippen LogP contribution >= 0.6 is 45.2 Å². The highest BCUT2D eigenvalue weighted by atomic mass is 127. The van der Waals surface area contributed by atoms with Crippen LogP contribution in [0.1, 0.15) is 31.9 Å². The van der Waals surface area contributed by atoms with E-state index in [9.17, 15) is 21.6 Å². The van der Waals surface area contributed by atoms with Gasteiger partial charge in [0, 0.05) is 33.3 Å². The molecule has 0 unspecified atom stereocenters. The van der Waals surface area contributed by atoms with Crippen LogP contribution in [0.2, 0.25) is 0 Å². The summed E-state index contributed by atoms with van der Waals surface area (Å²) >= 11 is 4.38. The molecule has 1 heterocycles. The number of rotatable bonds is 10. The highest BCUT2D eigenvalue weighted by Gasteiger charge is 2.49. The molecule has 0 aromatic heterocycles. The summed E-state index contributed by atoms with van der Waals surface area (Å²) in [6.45, 7) is 5.01. The molecule has 0 saturated carbocycles. The molecule has 0 N–H and O–H groups in total. The molecule has 2 atom stereocenters. The topological polar surface area (TPSA) is 104 Å². The van der Waals surface area contributed by atoms with Gasteiger partial charge in [-0.1, -0.05) is 60.7 Å². The van der Waals surface area contributed by atoms with Crippen molar-refractivity contribution < 1.29 is 26.4 Å². The first kappa shape index (κ1) is 36.7. The summed E-state index contributed by atoms with van der Waals surface area (Å²) in [7, 11) is -8.40. The Labute approximate surface area is 310 Å². The molecule has 13 heteroatoms. The van der Waals surface area contributed by atoms with Crippen LogP contribution < -0.4 is 0 Å². The lowest BCUT2D eigenvalue weighted by Crippen LogP contribution is -2.54. The SMILES string of the molecule is CC(C)(C)OC(=O)N1C[C@H](N(Cc2ccc(I)cc2)S(=O)(=O)c2ccccc2)[C@@H](N(Cc2ccc(I)cc2)S(=O)(=O)c2ccccc2)C1. The Balaban J connectivity index is 1.69. The maximum Gasteiger partial charge on any atom is 0.410 e. The Hall–Kier alpha value is -2.57. The molecule has 1 saturated heterocycles. The first-order valence-electron chi connectivity index (χ1n) is 15.3. The number of hydrogen-bond acceptors (Lipinski definition) is 6. The number of nitrogens with zero attached hydrogens (tertiary/aromatic N) is 3. The third kappa shape index (κ3) is 8.77. The fourth-order valence-corrected chi connectivity index (χ4v) is 9.60. The largest absolute Gasteiger partial charge is 0.444 e. The number of amides is 1. The lowest BCUT2D eigenvalue weighted by atomic mass is 10.1. The number of carbonyl (C=O) groups is 1. The molecule has 0 spiro atoms. The minimum Gasteiger partial charge on any atom is -0.444 e. The number of carbonyl (C=O) groups excluding carboxylic acids is 1. The molecule has 1 aliphatic heterocycles. The molecule has 48 heavy (non-hydrogen) atoms. The van der Waals surface area contributed by atoms with E-state index in [0.29, 0.717) is 0 Å². The molecule has 0 radical (unpaired) electrons. The molecule has 9 nitrogen and oxygen atoms in total. The van der Waals surface area contributed by atoms with Crippen molar-refractivity contribution in [2.75, 3.05) is 13.1 Å². The predicted octanol–water partition coefficient (Wildman–Crippen LogP) is 6.97. The summed E-state index contributed by atoms with van der Waals surface area (Å²) in [6.07, 6.45) is -0.646. The molecular weight excluding hydrogens is 876 g/mol. The highest BCUT2D eigenvalue weighted by Crippen LogP contribution is 2.34. The van der Waals surface area contributed by atoms with Crippen molar-refractivity contribution >= 4 is 71.3 Å². The van der Waals surface area contributed by atoms with Crippen molar-refractivity contribution in [3.05, 3.63) is 127 Å². The molecular formula is C35H37I2N3O6S2. The van der Waals surface area contributed by atoms with E-state index in [0.717, 1.165) is 18.3 Å². The van der Waals surface area contributed by atoms with E-state index < -0.39 is 43.8 Å². The number of sulfonamides is 2. The smallest absolute Gasteiger partial charge is 0.410 e. The monoisotopic (exact) mass is 913 g/mol. The first-order valence-corrected chi connectivity index (χ1v) is 20.3. The number of benzene rings is 4. The van der Waals surface area contributed by atoms with Crippen molar-refractivity contribution in [3.8, 4) is 0 Å². The van der Waals surface area contributed by atoms with Crippen LogP contribution in [-0.2, 0) is 37.9 Å². The fraction of sp³-hybridized carbons (Fsp3) is 0.286. The van der Waals surface area contributed by atoms with E-state index >= 15 is 0 Å². The van der Waals surface area contributed by atoms with Gasteiger partial charge in [-0.3, -0.25) is 0 Å². The zero-order chi connectivity index (χ0) is 34.7. The van der Waals surface area contributed by atoms with Crippen LogP contribution in [0.25, 0.3) is 0 Å². The Kier molecular flexibility index (Phi) is 11.6. The molecule has 4 aromatic carbocycles. The van der Waals surface area contributed by atoms with Crippen molar-refractivity contribution in [3.63, 3.8) is 0 Å². The Bertz CT molecular complexity index is 1790. The van der Waals surface area contributed by atoms with Crippen LogP contribution in [0.4, 0.5) is 4.79 Å². The lowest BCUT2D eigenvalue weighted by Gasteiger charge is -2.36. The van der Waals surface area contributed by atoms with E-state index in [4.69, 9.17) is 4.74 Å². The van der Waals surface area contributed by atoms with Gasteiger partial charge < -0.3 is 9.64 Å². The summed E-state index contributed by atoms with van der Waals surface area (Å²) in [6, 6.07) is 29.2. The van der Waals surface area contributed by atoms with Gasteiger partial charge in [0.2, 0.25) is 20.0 Å². The summed E-state index contributed by atoms with van der Waals surface area (Å²) in [5.74, 6) is 0. The number of hydrogen-bond donors (Lipinski definition) is 0. The van der Waals surface area contributed by atoms with E-state index in [1.165, 1.54) is 37.8 Å². The van der Waals surface area contributed by atoms with Gasteiger partial charge in [0.15, 0.2) is 0 Å². The second-order valence-electron chi connectivity index (χ2n) is 12.5. The molecule has 1 amide bonds. The van der Waals surface area contributed by atoms with E-state index in [1.54, 1.807) is 57.2 Å². The van der Waals surface area contributed by atoms with Crippen molar-refractivity contribution in [1.82, 2.24) is 13.5 Å². The third-order valence-corrected chi connectivity index (χ3v) is 13.1. The molecule has 5 rings (SSSR count). The average Bonchev–Trinajstić information content (AvgIpc) is 3.49. The fourth-order valence-electron chi connectivity index (χ4n) is 5.57. The minimum atomic E-state index is -4.20. The molecule has 4 aromatic rings. The van der Waals surface area contributed by atoms with E-state index in [1.807, 2.05) is 48.5 Å². The Morgan fingerprint density at radius 1 is 0.667 bits per heavy atom. The van der Waals surface area contributed by atoms with Gasteiger partial charge in [0.1, 0.15) is 5.60 Å². The second kappa shape index (κ2) is 15.1. The number of likely N-dealkylation sites (tertiary alicyclic amines) is 1. The predicted molar refractivity (Wildman–Crippen MR) is 202 cm³/mol. The van der Waals surface area contributed by atoms with Crippen LogP contribution in [0.15, 0.2) is 119 Å². The Morgan fingerprint density at radius 3 is 1.35 bits per heavy atom. The quantitative estimate of drug-likeness (QED) is 0.160. The molecule has 254 valence electrons.